The Bertz CT molecular complexity index is 737. The van der Waals surface area contributed by atoms with Gasteiger partial charge in [0.2, 0.25) is 5.76 Å². The van der Waals surface area contributed by atoms with E-state index in [1.54, 1.807) is 0 Å². The monoisotopic (exact) mass is 341 g/mol. The molecule has 0 aromatic carbocycles. The highest BCUT2D eigenvalue weighted by Gasteiger charge is 2.25. The van der Waals surface area contributed by atoms with Crippen LogP contribution in [0, 0.1) is 5.92 Å². The third-order valence-electron chi connectivity index (χ3n) is 3.17. The van der Waals surface area contributed by atoms with Crippen molar-refractivity contribution in [3.63, 3.8) is 0 Å². The number of hydrogen-bond acceptors (Lipinski definition) is 4. The number of amides is 1. The number of alkyl halides is 2. The number of nitrogens with zero attached hydrogens (tertiary/aromatic N) is 2. The van der Waals surface area contributed by atoms with E-state index in [9.17, 15) is 18.4 Å². The van der Waals surface area contributed by atoms with Crippen molar-refractivity contribution in [3.8, 4) is 0 Å². The number of halogens is 2. The summed E-state index contributed by atoms with van der Waals surface area (Å²) in [4.78, 5) is 22.8. The Morgan fingerprint density at radius 3 is 2.62 bits per heavy atom. The summed E-state index contributed by atoms with van der Waals surface area (Å²) in [6.45, 7) is 3.86. The van der Waals surface area contributed by atoms with E-state index < -0.39 is 24.0 Å². The van der Waals surface area contributed by atoms with E-state index in [-0.39, 0.29) is 36.1 Å². The Balaban J connectivity index is 2.11. The van der Waals surface area contributed by atoms with Crippen molar-refractivity contribution >= 4 is 11.9 Å². The third-order valence-corrected chi connectivity index (χ3v) is 3.17. The first kappa shape index (κ1) is 17.6. The van der Waals surface area contributed by atoms with Crippen molar-refractivity contribution in [1.82, 2.24) is 15.1 Å². The van der Waals surface area contributed by atoms with Crippen LogP contribution in [0.2, 0.25) is 0 Å². The van der Waals surface area contributed by atoms with Crippen LogP contribution in [0.25, 0.3) is 0 Å². The first-order valence-corrected chi connectivity index (χ1v) is 7.23. The van der Waals surface area contributed by atoms with Crippen LogP contribution in [0.15, 0.2) is 22.7 Å². The number of aromatic carboxylic acids is 1. The molecule has 130 valence electrons. The first-order valence-electron chi connectivity index (χ1n) is 7.23. The molecule has 0 saturated heterocycles. The van der Waals surface area contributed by atoms with Crippen molar-refractivity contribution in [2.24, 2.45) is 5.92 Å². The number of carboxylic acid groups (broad SMARTS) is 1. The maximum atomic E-state index is 13.3. The smallest absolute Gasteiger partial charge is 0.371 e. The van der Waals surface area contributed by atoms with Gasteiger partial charge in [-0.3, -0.25) is 9.48 Å². The molecule has 0 fully saturated rings. The summed E-state index contributed by atoms with van der Waals surface area (Å²) >= 11 is 0. The molecule has 0 aliphatic heterocycles. The number of rotatable bonds is 7. The fourth-order valence-corrected chi connectivity index (χ4v) is 2.14. The summed E-state index contributed by atoms with van der Waals surface area (Å²) in [5, 5.41) is 15.0. The minimum atomic E-state index is -2.84. The molecule has 0 bridgehead atoms. The van der Waals surface area contributed by atoms with E-state index in [2.05, 4.69) is 10.4 Å². The third kappa shape index (κ3) is 3.98. The maximum absolute atomic E-state index is 13.3. The first-order chi connectivity index (χ1) is 11.3. The maximum Gasteiger partial charge on any atom is 0.371 e. The zero-order valence-electron chi connectivity index (χ0n) is 13.1. The van der Waals surface area contributed by atoms with E-state index in [4.69, 9.17) is 9.52 Å². The van der Waals surface area contributed by atoms with Crippen LogP contribution in [0.3, 0.4) is 0 Å². The van der Waals surface area contributed by atoms with E-state index in [0.717, 1.165) is 10.9 Å². The minimum absolute atomic E-state index is 0.0934. The molecular formula is C15H17F2N3O4. The Labute approximate surface area is 136 Å². The molecule has 1 amide bonds. The Morgan fingerprint density at radius 1 is 1.38 bits per heavy atom. The average molecular weight is 341 g/mol. The predicted octanol–water partition coefficient (Wildman–Crippen LogP) is 2.70. The summed E-state index contributed by atoms with van der Waals surface area (Å²) in [6, 6.07) is 2.63. The van der Waals surface area contributed by atoms with Crippen LogP contribution >= 0.6 is 0 Å². The van der Waals surface area contributed by atoms with Gasteiger partial charge in [-0.25, -0.2) is 13.6 Å². The Hall–Kier alpha value is -2.71. The van der Waals surface area contributed by atoms with E-state index in [1.807, 2.05) is 13.8 Å². The summed E-state index contributed by atoms with van der Waals surface area (Å²) in [6.07, 6.45) is -1.74. The molecule has 2 rings (SSSR count). The summed E-state index contributed by atoms with van der Waals surface area (Å²) in [5.41, 5.74) is -0.650. The molecule has 2 heterocycles. The van der Waals surface area contributed by atoms with Crippen LogP contribution in [0.4, 0.5) is 8.78 Å². The number of aromatic nitrogens is 2. The van der Waals surface area contributed by atoms with Gasteiger partial charge in [0.05, 0.1) is 18.3 Å². The number of carbonyl (C=O) groups is 2. The van der Waals surface area contributed by atoms with Crippen molar-refractivity contribution in [1.29, 1.82) is 0 Å². The molecule has 0 aliphatic carbocycles. The molecule has 0 saturated carbocycles. The number of hydrogen-bond donors (Lipinski definition) is 2. The van der Waals surface area contributed by atoms with Gasteiger partial charge in [0.1, 0.15) is 11.5 Å². The van der Waals surface area contributed by atoms with Gasteiger partial charge >= 0.3 is 5.97 Å². The Kier molecular flexibility index (Phi) is 5.32. The lowest BCUT2D eigenvalue weighted by molar-refractivity contribution is 0.0660. The van der Waals surface area contributed by atoms with Gasteiger partial charge in [0, 0.05) is 6.54 Å². The molecular weight excluding hydrogens is 324 g/mol. The molecule has 2 aromatic heterocycles. The molecule has 2 N–H and O–H groups in total. The highest BCUT2D eigenvalue weighted by Crippen LogP contribution is 2.24. The second-order valence-corrected chi connectivity index (χ2v) is 5.57. The molecule has 9 heteroatoms. The van der Waals surface area contributed by atoms with Crippen molar-refractivity contribution < 1.29 is 27.9 Å². The van der Waals surface area contributed by atoms with Crippen LogP contribution in [-0.4, -0.2) is 26.8 Å². The molecule has 7 nitrogen and oxygen atoms in total. The van der Waals surface area contributed by atoms with Crippen LogP contribution in [-0.2, 0) is 13.1 Å². The van der Waals surface area contributed by atoms with Gasteiger partial charge < -0.3 is 14.8 Å². The number of carbonyl (C=O) groups excluding carboxylic acids is 1. The van der Waals surface area contributed by atoms with Crippen molar-refractivity contribution in [2.45, 2.75) is 33.4 Å². The fraction of sp³-hybridized carbons (Fsp3) is 0.400. The van der Waals surface area contributed by atoms with Gasteiger partial charge in [-0.15, -0.1) is 0 Å². The predicted molar refractivity (Wildman–Crippen MR) is 78.9 cm³/mol. The summed E-state index contributed by atoms with van der Waals surface area (Å²) < 4.78 is 32.6. The molecule has 24 heavy (non-hydrogen) atoms. The second kappa shape index (κ2) is 7.24. The van der Waals surface area contributed by atoms with Gasteiger partial charge in [-0.1, -0.05) is 13.8 Å². The second-order valence-electron chi connectivity index (χ2n) is 5.57. The number of nitrogens with one attached hydrogen (secondary N) is 1. The van der Waals surface area contributed by atoms with Gasteiger partial charge in [0.15, 0.2) is 0 Å². The van der Waals surface area contributed by atoms with Crippen molar-refractivity contribution in [3.05, 3.63) is 41.1 Å². The van der Waals surface area contributed by atoms with E-state index >= 15 is 0 Å². The van der Waals surface area contributed by atoms with Gasteiger partial charge in [-0.05, 0) is 18.1 Å². The van der Waals surface area contributed by atoms with E-state index in [1.165, 1.54) is 12.1 Å². The quantitative estimate of drug-likeness (QED) is 0.807. The lowest BCUT2D eigenvalue weighted by Crippen LogP contribution is -2.24. The number of furan rings is 1. The topological polar surface area (TPSA) is 97.4 Å². The van der Waals surface area contributed by atoms with E-state index in [0.29, 0.717) is 0 Å². The normalized spacial score (nSPS) is 11.2. The highest BCUT2D eigenvalue weighted by molar-refractivity contribution is 5.95. The minimum Gasteiger partial charge on any atom is -0.475 e. The lowest BCUT2D eigenvalue weighted by Gasteiger charge is -2.10. The molecule has 0 unspecified atom stereocenters. The molecule has 0 radical (unpaired) electrons. The summed E-state index contributed by atoms with van der Waals surface area (Å²) in [5.74, 6) is -1.93. The Morgan fingerprint density at radius 2 is 2.08 bits per heavy atom. The molecule has 0 spiro atoms. The zero-order valence-corrected chi connectivity index (χ0v) is 13.1. The molecule has 0 atom stereocenters. The molecule has 0 aliphatic rings. The largest absolute Gasteiger partial charge is 0.475 e. The molecule has 2 aromatic rings. The standard InChI is InChI=1S/C15H17F2N3O4/c1-8(2)7-20-12(13(16)17)10(6-19-20)14(21)18-5-9-3-4-11(24-9)15(22)23/h3-4,6,8,13H,5,7H2,1-2H3,(H,18,21)(H,22,23). The van der Waals surface area contributed by atoms with Crippen LogP contribution < -0.4 is 5.32 Å². The van der Waals surface area contributed by atoms with Crippen LogP contribution in [0.5, 0.6) is 0 Å². The highest BCUT2D eigenvalue weighted by atomic mass is 19.3. The average Bonchev–Trinajstić information content (AvgIpc) is 3.10. The van der Waals surface area contributed by atoms with Crippen molar-refractivity contribution in [2.75, 3.05) is 0 Å². The van der Waals surface area contributed by atoms with Gasteiger partial charge in [-0.2, -0.15) is 5.10 Å². The van der Waals surface area contributed by atoms with Crippen LogP contribution in [0.1, 0.15) is 52.6 Å². The fourth-order valence-electron chi connectivity index (χ4n) is 2.14. The summed E-state index contributed by atoms with van der Waals surface area (Å²) in [7, 11) is 0. The number of carboxylic acids is 1. The SMILES string of the molecule is CC(C)Cn1ncc(C(=O)NCc2ccc(C(=O)O)o2)c1C(F)F. The van der Waals surface area contributed by atoms with Gasteiger partial charge in [0.25, 0.3) is 12.3 Å². The zero-order chi connectivity index (χ0) is 17.9. The lowest BCUT2D eigenvalue weighted by atomic mass is 10.2.